The van der Waals surface area contributed by atoms with Gasteiger partial charge in [0, 0.05) is 25.6 Å². The molecule has 1 fully saturated rings. The predicted octanol–water partition coefficient (Wildman–Crippen LogP) is 2.85. The molecule has 2 aliphatic heterocycles. The van der Waals surface area contributed by atoms with E-state index < -0.39 is 5.66 Å². The molecule has 0 unspecified atom stereocenters. The molecule has 1 saturated heterocycles. The van der Waals surface area contributed by atoms with Gasteiger partial charge in [-0.3, -0.25) is 19.3 Å². The van der Waals surface area contributed by atoms with E-state index in [0.29, 0.717) is 16.9 Å². The Morgan fingerprint density at radius 3 is 2.59 bits per heavy atom. The largest absolute Gasteiger partial charge is 0.322 e. The second-order valence-electron chi connectivity index (χ2n) is 7.13. The minimum absolute atomic E-state index is 0.155. The molecule has 6 heteroatoms. The Hall–Kier alpha value is -3.15. The Bertz CT molecular complexity index is 984. The molecule has 3 amide bonds. The van der Waals surface area contributed by atoms with Gasteiger partial charge in [-0.05, 0) is 43.2 Å². The molecular formula is C21H21N3O3. The Morgan fingerprint density at radius 2 is 1.81 bits per heavy atom. The van der Waals surface area contributed by atoms with E-state index in [9.17, 15) is 14.4 Å². The van der Waals surface area contributed by atoms with Crippen molar-refractivity contribution in [3.63, 3.8) is 0 Å². The molecule has 0 aliphatic carbocycles. The van der Waals surface area contributed by atoms with E-state index in [0.717, 1.165) is 11.1 Å². The monoisotopic (exact) mass is 363 g/mol. The third-order valence-corrected chi connectivity index (χ3v) is 5.76. The maximum Gasteiger partial charge on any atom is 0.271 e. The van der Waals surface area contributed by atoms with Crippen molar-refractivity contribution in [3.8, 4) is 0 Å². The highest BCUT2D eigenvalue weighted by atomic mass is 16.2. The molecule has 1 atom stereocenters. The quantitative estimate of drug-likeness (QED) is 0.892. The van der Waals surface area contributed by atoms with Crippen LogP contribution in [0.15, 0.2) is 42.5 Å². The van der Waals surface area contributed by atoms with E-state index in [1.165, 1.54) is 9.80 Å². The average molecular weight is 363 g/mol. The number of para-hydroxylation sites is 1. The summed E-state index contributed by atoms with van der Waals surface area (Å²) >= 11 is 0. The van der Waals surface area contributed by atoms with Gasteiger partial charge in [-0.25, -0.2) is 0 Å². The third kappa shape index (κ3) is 2.29. The molecule has 2 aromatic carbocycles. The molecule has 2 aromatic rings. The number of nitrogens with one attached hydrogen (secondary N) is 1. The van der Waals surface area contributed by atoms with Crippen molar-refractivity contribution in [3.05, 3.63) is 59.2 Å². The first-order valence-corrected chi connectivity index (χ1v) is 8.96. The van der Waals surface area contributed by atoms with Gasteiger partial charge < -0.3 is 10.2 Å². The lowest BCUT2D eigenvalue weighted by atomic mass is 9.96. The summed E-state index contributed by atoms with van der Waals surface area (Å²) < 4.78 is 0. The molecule has 0 spiro atoms. The van der Waals surface area contributed by atoms with Crippen LogP contribution in [0.5, 0.6) is 0 Å². The molecule has 0 radical (unpaired) electrons. The minimum atomic E-state index is -1.35. The summed E-state index contributed by atoms with van der Waals surface area (Å²) in [5.74, 6) is -0.780. The molecule has 27 heavy (non-hydrogen) atoms. The standard InChI is InChI=1S/C21H21N3O3/c1-13-7-6-9-16(14(13)2)22-20(27)21-12-11-18(25)24(21)17-10-5-4-8-15(17)19(26)23(21)3/h4-10H,11-12H2,1-3H3,(H,22,27)/t21-/m1/s1. The van der Waals surface area contributed by atoms with E-state index in [2.05, 4.69) is 5.32 Å². The van der Waals surface area contributed by atoms with Gasteiger partial charge in [0.25, 0.3) is 11.8 Å². The fraction of sp³-hybridized carbons (Fsp3) is 0.286. The highest BCUT2D eigenvalue weighted by Gasteiger charge is 2.59. The van der Waals surface area contributed by atoms with Crippen LogP contribution < -0.4 is 10.2 Å². The van der Waals surface area contributed by atoms with E-state index in [1.807, 2.05) is 32.0 Å². The van der Waals surface area contributed by atoms with Crippen molar-refractivity contribution < 1.29 is 14.4 Å². The zero-order chi connectivity index (χ0) is 19.3. The smallest absolute Gasteiger partial charge is 0.271 e. The van der Waals surface area contributed by atoms with Crippen LogP contribution in [0.2, 0.25) is 0 Å². The lowest BCUT2D eigenvalue weighted by Crippen LogP contribution is -2.68. The second kappa shape index (κ2) is 5.94. The average Bonchev–Trinajstić information content (AvgIpc) is 3.02. The number of amides is 3. The summed E-state index contributed by atoms with van der Waals surface area (Å²) in [7, 11) is 1.59. The number of aryl methyl sites for hydroxylation is 1. The first-order valence-electron chi connectivity index (χ1n) is 8.96. The van der Waals surface area contributed by atoms with Crippen molar-refractivity contribution in [2.24, 2.45) is 0 Å². The molecule has 4 rings (SSSR count). The van der Waals surface area contributed by atoms with Crippen LogP contribution in [0.3, 0.4) is 0 Å². The predicted molar refractivity (Wildman–Crippen MR) is 103 cm³/mol. The number of nitrogens with zero attached hydrogens (tertiary/aromatic N) is 2. The second-order valence-corrected chi connectivity index (χ2v) is 7.13. The van der Waals surface area contributed by atoms with E-state index in [1.54, 1.807) is 31.3 Å². The Kier molecular flexibility index (Phi) is 3.80. The zero-order valence-corrected chi connectivity index (χ0v) is 15.6. The van der Waals surface area contributed by atoms with Crippen LogP contribution in [-0.4, -0.2) is 35.3 Å². The molecule has 138 valence electrons. The number of hydrogen-bond acceptors (Lipinski definition) is 3. The lowest BCUT2D eigenvalue weighted by Gasteiger charge is -2.47. The van der Waals surface area contributed by atoms with Gasteiger partial charge in [0.05, 0.1) is 11.3 Å². The maximum atomic E-state index is 13.4. The Morgan fingerprint density at radius 1 is 1.07 bits per heavy atom. The number of fused-ring (bicyclic) bond motifs is 3. The van der Waals surface area contributed by atoms with Crippen molar-refractivity contribution in [1.82, 2.24) is 4.90 Å². The normalized spacial score (nSPS) is 21.1. The maximum absolute atomic E-state index is 13.4. The van der Waals surface area contributed by atoms with Gasteiger partial charge in [0.2, 0.25) is 11.6 Å². The Balaban J connectivity index is 1.82. The molecule has 0 aromatic heterocycles. The third-order valence-electron chi connectivity index (χ3n) is 5.76. The van der Waals surface area contributed by atoms with Gasteiger partial charge in [-0.2, -0.15) is 0 Å². The summed E-state index contributed by atoms with van der Waals surface area (Å²) in [6.07, 6.45) is 0.477. The summed E-state index contributed by atoms with van der Waals surface area (Å²) in [4.78, 5) is 42.0. The number of hydrogen-bond donors (Lipinski definition) is 1. The van der Waals surface area contributed by atoms with Gasteiger partial charge in [-0.1, -0.05) is 24.3 Å². The SMILES string of the molecule is Cc1cccc(NC(=O)[C@@]23CCC(=O)N2c2ccccc2C(=O)N3C)c1C. The van der Waals surface area contributed by atoms with Gasteiger partial charge >= 0.3 is 0 Å². The van der Waals surface area contributed by atoms with Gasteiger partial charge in [0.15, 0.2) is 0 Å². The summed E-state index contributed by atoms with van der Waals surface area (Å²) in [5.41, 5.74) is 2.29. The van der Waals surface area contributed by atoms with Crippen molar-refractivity contribution in [2.75, 3.05) is 17.3 Å². The van der Waals surface area contributed by atoms with Crippen molar-refractivity contribution in [2.45, 2.75) is 32.4 Å². The topological polar surface area (TPSA) is 69.7 Å². The lowest BCUT2D eigenvalue weighted by molar-refractivity contribution is -0.128. The number of anilines is 2. The fourth-order valence-corrected chi connectivity index (χ4v) is 4.04. The van der Waals surface area contributed by atoms with Crippen LogP contribution in [0.25, 0.3) is 0 Å². The number of benzene rings is 2. The van der Waals surface area contributed by atoms with Crippen LogP contribution in [0, 0.1) is 13.8 Å². The highest BCUT2D eigenvalue weighted by molar-refractivity contribution is 6.18. The summed E-state index contributed by atoms with van der Waals surface area (Å²) in [5, 5.41) is 2.96. The summed E-state index contributed by atoms with van der Waals surface area (Å²) in [6.45, 7) is 3.91. The first-order chi connectivity index (χ1) is 12.9. The highest BCUT2D eigenvalue weighted by Crippen LogP contribution is 2.44. The number of likely N-dealkylation sites (N-methyl/N-ethyl adjacent to an activating group) is 1. The molecular weight excluding hydrogens is 342 g/mol. The number of carbonyl (C=O) groups excluding carboxylic acids is 3. The summed E-state index contributed by atoms with van der Waals surface area (Å²) in [6, 6.07) is 12.6. The van der Waals surface area contributed by atoms with Gasteiger partial charge in [-0.15, -0.1) is 0 Å². The van der Waals surface area contributed by atoms with Crippen molar-refractivity contribution in [1.29, 1.82) is 0 Å². The number of carbonyl (C=O) groups is 3. The van der Waals surface area contributed by atoms with E-state index >= 15 is 0 Å². The fourth-order valence-electron chi connectivity index (χ4n) is 4.04. The van der Waals surface area contributed by atoms with Crippen LogP contribution in [-0.2, 0) is 9.59 Å². The molecule has 6 nitrogen and oxygen atoms in total. The molecule has 0 bridgehead atoms. The van der Waals surface area contributed by atoms with E-state index in [-0.39, 0.29) is 30.6 Å². The molecule has 1 N–H and O–H groups in total. The number of rotatable bonds is 2. The van der Waals surface area contributed by atoms with Gasteiger partial charge in [0.1, 0.15) is 0 Å². The van der Waals surface area contributed by atoms with Crippen LogP contribution >= 0.6 is 0 Å². The molecule has 2 aliphatic rings. The molecule has 0 saturated carbocycles. The molecule has 2 heterocycles. The zero-order valence-electron chi connectivity index (χ0n) is 15.6. The van der Waals surface area contributed by atoms with E-state index in [4.69, 9.17) is 0 Å². The Labute approximate surface area is 157 Å². The van der Waals surface area contributed by atoms with Crippen molar-refractivity contribution >= 4 is 29.1 Å². The van der Waals surface area contributed by atoms with Crippen LogP contribution in [0.1, 0.15) is 34.3 Å². The van der Waals surface area contributed by atoms with Crippen LogP contribution in [0.4, 0.5) is 11.4 Å². The first kappa shape index (κ1) is 17.3. The minimum Gasteiger partial charge on any atom is -0.322 e.